The van der Waals surface area contributed by atoms with Gasteiger partial charge < -0.3 is 37.1 Å². The second kappa shape index (κ2) is 10.7. The van der Waals surface area contributed by atoms with E-state index in [2.05, 4.69) is 10.3 Å². The minimum Gasteiger partial charge on any atom is -0.383 e. The Morgan fingerprint density at radius 1 is 1.34 bits per heavy atom. The number of carbonyl (C=O) groups is 2. The van der Waals surface area contributed by atoms with E-state index in [0.29, 0.717) is 13.0 Å². The summed E-state index contributed by atoms with van der Waals surface area (Å²) in [7, 11) is 4.79. The molecule has 0 radical (unpaired) electrons. The van der Waals surface area contributed by atoms with E-state index < -0.39 is 30.1 Å². The molecular formula is C19H31N9O4. The topological polar surface area (TPSA) is 199 Å². The van der Waals surface area contributed by atoms with Crippen molar-refractivity contribution >= 4 is 23.6 Å². The first-order valence-corrected chi connectivity index (χ1v) is 9.99. The standard InChI is InChI=1S/C19H31N9O4/c1-26(2)17(30)16-12(24-14(29)10-11(20)6-8-27(3)18(22)23)4-5-15(32-16)28-9-7-13(21)25-19(28)31/h4-5,7,9,11-12,15-16H,6,8,10,20H2,1-3H3,(H3,22,23)(H,24,29)(H2,21,25,31)/t11-,12-,15+,16-/m0/s1. The molecule has 1 aliphatic rings. The van der Waals surface area contributed by atoms with Gasteiger partial charge in [-0.25, -0.2) is 4.79 Å². The first kappa shape index (κ1) is 24.8. The lowest BCUT2D eigenvalue weighted by Crippen LogP contribution is -2.54. The molecule has 0 aliphatic carbocycles. The van der Waals surface area contributed by atoms with Crippen LogP contribution < -0.4 is 28.2 Å². The van der Waals surface area contributed by atoms with Gasteiger partial charge in [0.1, 0.15) is 5.82 Å². The number of ether oxygens (including phenoxy) is 1. The lowest BCUT2D eigenvalue weighted by Gasteiger charge is -2.34. The largest absolute Gasteiger partial charge is 0.383 e. The molecule has 0 spiro atoms. The molecule has 2 amide bonds. The molecule has 176 valence electrons. The number of anilines is 1. The number of aromatic nitrogens is 2. The van der Waals surface area contributed by atoms with Gasteiger partial charge in [0.05, 0.1) is 6.04 Å². The van der Waals surface area contributed by atoms with Crippen LogP contribution in [0.4, 0.5) is 5.82 Å². The number of nitrogens with one attached hydrogen (secondary N) is 2. The molecular weight excluding hydrogens is 418 g/mol. The van der Waals surface area contributed by atoms with Crippen LogP contribution in [0.2, 0.25) is 0 Å². The summed E-state index contributed by atoms with van der Waals surface area (Å²) >= 11 is 0. The van der Waals surface area contributed by atoms with Crippen LogP contribution in [0.3, 0.4) is 0 Å². The Morgan fingerprint density at radius 2 is 2.03 bits per heavy atom. The quantitative estimate of drug-likeness (QED) is 0.166. The van der Waals surface area contributed by atoms with Crippen molar-refractivity contribution in [3.63, 3.8) is 0 Å². The van der Waals surface area contributed by atoms with Crippen LogP contribution in [-0.4, -0.2) is 83.0 Å². The third kappa shape index (κ3) is 6.52. The maximum atomic E-state index is 12.7. The molecule has 0 unspecified atom stereocenters. The van der Waals surface area contributed by atoms with Gasteiger partial charge in [-0.15, -0.1) is 0 Å². The van der Waals surface area contributed by atoms with Crippen molar-refractivity contribution < 1.29 is 14.3 Å². The van der Waals surface area contributed by atoms with Gasteiger partial charge in [0, 0.05) is 46.3 Å². The van der Waals surface area contributed by atoms with Crippen molar-refractivity contribution in [2.24, 2.45) is 11.5 Å². The Bertz CT molecular complexity index is 930. The number of hydrogen-bond donors (Lipinski definition) is 5. The maximum absolute atomic E-state index is 12.7. The summed E-state index contributed by atoms with van der Waals surface area (Å²) in [6.45, 7) is 0.435. The van der Waals surface area contributed by atoms with Crippen LogP contribution in [0.5, 0.6) is 0 Å². The average Bonchev–Trinajstić information content (AvgIpc) is 2.71. The molecule has 0 saturated carbocycles. The summed E-state index contributed by atoms with van der Waals surface area (Å²) in [5, 5.41) is 10.1. The van der Waals surface area contributed by atoms with Crippen molar-refractivity contribution in [3.8, 4) is 0 Å². The smallest absolute Gasteiger partial charge is 0.351 e. The predicted molar refractivity (Wildman–Crippen MR) is 118 cm³/mol. The zero-order chi connectivity index (χ0) is 24.0. The normalized spacial score (nSPS) is 20.9. The second-order valence-electron chi connectivity index (χ2n) is 7.76. The van der Waals surface area contributed by atoms with Crippen molar-refractivity contribution in [2.45, 2.75) is 37.3 Å². The van der Waals surface area contributed by atoms with E-state index in [9.17, 15) is 14.4 Å². The van der Waals surface area contributed by atoms with Crippen LogP contribution in [-0.2, 0) is 14.3 Å². The van der Waals surface area contributed by atoms with E-state index in [-0.39, 0.29) is 30.0 Å². The molecule has 0 fully saturated rings. The van der Waals surface area contributed by atoms with Gasteiger partial charge in [-0.1, -0.05) is 6.08 Å². The molecule has 1 aromatic heterocycles. The molecule has 32 heavy (non-hydrogen) atoms. The van der Waals surface area contributed by atoms with E-state index in [1.807, 2.05) is 0 Å². The lowest BCUT2D eigenvalue weighted by molar-refractivity contribution is -0.150. The van der Waals surface area contributed by atoms with E-state index in [0.717, 1.165) is 0 Å². The van der Waals surface area contributed by atoms with Crippen LogP contribution in [0.1, 0.15) is 19.1 Å². The molecule has 1 aliphatic heterocycles. The van der Waals surface area contributed by atoms with Crippen molar-refractivity contribution in [1.29, 1.82) is 5.41 Å². The highest BCUT2D eigenvalue weighted by Crippen LogP contribution is 2.21. The van der Waals surface area contributed by atoms with Gasteiger partial charge in [0.15, 0.2) is 18.3 Å². The molecule has 0 aromatic carbocycles. The van der Waals surface area contributed by atoms with Crippen LogP contribution in [0, 0.1) is 5.41 Å². The highest BCUT2D eigenvalue weighted by molar-refractivity contribution is 5.84. The molecule has 4 atom stereocenters. The molecule has 0 saturated heterocycles. The monoisotopic (exact) mass is 449 g/mol. The molecule has 2 heterocycles. The van der Waals surface area contributed by atoms with Crippen LogP contribution in [0.15, 0.2) is 29.2 Å². The molecule has 8 N–H and O–H groups in total. The van der Waals surface area contributed by atoms with Gasteiger partial charge in [-0.05, 0) is 18.6 Å². The number of likely N-dealkylation sites (N-methyl/N-ethyl adjacent to an activating group) is 1. The van der Waals surface area contributed by atoms with Crippen LogP contribution >= 0.6 is 0 Å². The zero-order valence-electron chi connectivity index (χ0n) is 18.4. The number of nitrogens with zero attached hydrogens (tertiary/aromatic N) is 4. The Labute approximate surface area is 185 Å². The summed E-state index contributed by atoms with van der Waals surface area (Å²) in [5.74, 6) is -0.750. The van der Waals surface area contributed by atoms with Gasteiger partial charge >= 0.3 is 5.69 Å². The lowest BCUT2D eigenvalue weighted by atomic mass is 10.0. The van der Waals surface area contributed by atoms with Gasteiger partial charge in [0.2, 0.25) is 5.91 Å². The Morgan fingerprint density at radius 3 is 2.62 bits per heavy atom. The average molecular weight is 450 g/mol. The molecule has 2 rings (SSSR count). The number of carbonyl (C=O) groups excluding carboxylic acids is 2. The SMILES string of the molecule is CN(C)C(=O)[C@H]1O[C@@H](n2ccc(N)nc2=O)C=C[C@@H]1NC(=O)C[C@@H](N)CCN(C)C(=N)N. The van der Waals surface area contributed by atoms with Crippen molar-refractivity contribution in [3.05, 3.63) is 34.9 Å². The summed E-state index contributed by atoms with van der Waals surface area (Å²) < 4.78 is 7.05. The van der Waals surface area contributed by atoms with E-state index in [1.54, 1.807) is 33.3 Å². The number of rotatable bonds is 8. The fourth-order valence-corrected chi connectivity index (χ4v) is 3.03. The van der Waals surface area contributed by atoms with Gasteiger partial charge in [-0.2, -0.15) is 4.98 Å². The first-order chi connectivity index (χ1) is 15.0. The van der Waals surface area contributed by atoms with Crippen molar-refractivity contribution in [2.75, 3.05) is 33.4 Å². The highest BCUT2D eigenvalue weighted by Gasteiger charge is 2.36. The Kier molecular flexibility index (Phi) is 8.32. The fourth-order valence-electron chi connectivity index (χ4n) is 3.03. The maximum Gasteiger partial charge on any atom is 0.351 e. The highest BCUT2D eigenvalue weighted by atomic mass is 16.5. The van der Waals surface area contributed by atoms with E-state index in [4.69, 9.17) is 27.3 Å². The summed E-state index contributed by atoms with van der Waals surface area (Å²) in [6.07, 6.45) is 3.11. The molecule has 13 nitrogen and oxygen atoms in total. The number of amides is 2. The number of nitrogen functional groups attached to an aromatic ring is 1. The summed E-state index contributed by atoms with van der Waals surface area (Å²) in [6, 6.07) is 0.235. The predicted octanol–water partition coefficient (Wildman–Crippen LogP) is -2.22. The third-order valence-electron chi connectivity index (χ3n) is 4.93. The second-order valence-corrected chi connectivity index (χ2v) is 7.76. The van der Waals surface area contributed by atoms with Crippen molar-refractivity contribution in [1.82, 2.24) is 24.7 Å². The van der Waals surface area contributed by atoms with Crippen LogP contribution in [0.25, 0.3) is 0 Å². The number of guanidine groups is 1. The third-order valence-corrected chi connectivity index (χ3v) is 4.93. The van der Waals surface area contributed by atoms with E-state index in [1.165, 1.54) is 26.6 Å². The molecule has 1 aromatic rings. The molecule has 0 bridgehead atoms. The summed E-state index contributed by atoms with van der Waals surface area (Å²) in [5.41, 5.74) is 16.3. The fraction of sp³-hybridized carbons (Fsp3) is 0.526. The Hall–Kier alpha value is -3.45. The summed E-state index contributed by atoms with van der Waals surface area (Å²) in [4.78, 5) is 43.9. The zero-order valence-corrected chi connectivity index (χ0v) is 18.4. The van der Waals surface area contributed by atoms with Gasteiger partial charge in [0.25, 0.3) is 5.91 Å². The first-order valence-electron chi connectivity index (χ1n) is 9.99. The van der Waals surface area contributed by atoms with Gasteiger partial charge in [-0.3, -0.25) is 19.6 Å². The number of nitrogens with two attached hydrogens (primary N) is 3. The number of hydrogen-bond acceptors (Lipinski definition) is 8. The minimum atomic E-state index is -1.06. The van der Waals surface area contributed by atoms with E-state index >= 15 is 0 Å². The molecule has 13 heteroatoms. The minimum absolute atomic E-state index is 0.0176. The Balaban J connectivity index is 2.09.